The van der Waals surface area contributed by atoms with Crippen LogP contribution in [0.2, 0.25) is 0 Å². The minimum atomic E-state index is -0.285. The number of rotatable bonds is 5. The highest BCUT2D eigenvalue weighted by molar-refractivity contribution is 7.15. The molecule has 0 bridgehead atoms. The summed E-state index contributed by atoms with van der Waals surface area (Å²) in [6.07, 6.45) is 1.66. The van der Waals surface area contributed by atoms with E-state index in [9.17, 15) is 4.79 Å². The van der Waals surface area contributed by atoms with Crippen molar-refractivity contribution in [3.63, 3.8) is 0 Å². The van der Waals surface area contributed by atoms with Crippen molar-refractivity contribution in [2.45, 2.75) is 13.0 Å². The highest BCUT2D eigenvalue weighted by atomic mass is 32.1. The zero-order valence-electron chi connectivity index (χ0n) is 9.98. The molecule has 0 aliphatic heterocycles. The largest absolute Gasteiger partial charge is 0.383 e. The van der Waals surface area contributed by atoms with Crippen LogP contribution in [-0.4, -0.2) is 49.6 Å². The Kier molecular flexibility index (Phi) is 4.85. The number of nitrogens with zero attached hydrogens (tertiary/aromatic N) is 2. The maximum absolute atomic E-state index is 11.9. The number of methoxy groups -OCH3 is 1. The smallest absolute Gasteiger partial charge is 0.244 e. The highest BCUT2D eigenvalue weighted by Crippen LogP contribution is 2.17. The van der Waals surface area contributed by atoms with E-state index >= 15 is 0 Å². The van der Waals surface area contributed by atoms with Crippen LogP contribution >= 0.6 is 11.3 Å². The van der Waals surface area contributed by atoms with E-state index in [4.69, 9.17) is 4.74 Å². The third-order valence-corrected chi connectivity index (χ3v) is 2.95. The number of nitrogens with one attached hydrogen (secondary N) is 1. The van der Waals surface area contributed by atoms with Crippen LogP contribution in [0.5, 0.6) is 0 Å². The normalized spacial score (nSPS) is 12.8. The molecule has 1 atom stereocenters. The first-order valence-corrected chi connectivity index (χ1v) is 5.75. The molecule has 0 aliphatic rings. The molecule has 16 heavy (non-hydrogen) atoms. The lowest BCUT2D eigenvalue weighted by Gasteiger charge is -2.21. The third kappa shape index (κ3) is 3.55. The minimum Gasteiger partial charge on any atom is -0.383 e. The van der Waals surface area contributed by atoms with Crippen molar-refractivity contribution in [2.75, 3.05) is 33.1 Å². The Morgan fingerprint density at radius 3 is 2.81 bits per heavy atom. The number of anilines is 1. The van der Waals surface area contributed by atoms with Crippen LogP contribution in [0.1, 0.15) is 5.01 Å². The molecule has 1 unspecified atom stereocenters. The van der Waals surface area contributed by atoms with E-state index in [1.54, 1.807) is 13.3 Å². The highest BCUT2D eigenvalue weighted by Gasteiger charge is 2.21. The van der Waals surface area contributed by atoms with Crippen LogP contribution in [0.3, 0.4) is 0 Å². The van der Waals surface area contributed by atoms with Gasteiger partial charge in [0.2, 0.25) is 5.91 Å². The van der Waals surface area contributed by atoms with E-state index in [0.29, 0.717) is 6.61 Å². The molecule has 0 aliphatic carbocycles. The molecule has 1 aromatic rings. The maximum atomic E-state index is 11.9. The number of aryl methyl sites for hydroxylation is 1. The van der Waals surface area contributed by atoms with Crippen LogP contribution < -0.4 is 5.32 Å². The quantitative estimate of drug-likeness (QED) is 0.837. The van der Waals surface area contributed by atoms with Gasteiger partial charge in [0.15, 0.2) is 0 Å². The standard InChI is InChI=1S/C10H17N3O2S/c1-7-11-5-9(16-7)12-10(14)8(6-15-4)13(2)3/h5,8H,6H2,1-4H3,(H,12,14). The summed E-state index contributed by atoms with van der Waals surface area (Å²) >= 11 is 1.46. The van der Waals surface area contributed by atoms with Crippen molar-refractivity contribution in [3.8, 4) is 0 Å². The van der Waals surface area contributed by atoms with Gasteiger partial charge in [-0.25, -0.2) is 4.98 Å². The first-order chi connectivity index (χ1) is 7.54. The van der Waals surface area contributed by atoms with Gasteiger partial charge in [-0.3, -0.25) is 9.69 Å². The predicted molar refractivity (Wildman–Crippen MR) is 64.8 cm³/mol. The van der Waals surface area contributed by atoms with Gasteiger partial charge in [-0.1, -0.05) is 0 Å². The monoisotopic (exact) mass is 243 g/mol. The number of ether oxygens (including phenoxy) is 1. The molecule has 0 spiro atoms. The Morgan fingerprint density at radius 1 is 1.69 bits per heavy atom. The van der Waals surface area contributed by atoms with Crippen LogP contribution in [0.15, 0.2) is 6.20 Å². The SMILES string of the molecule is COCC(C(=O)Nc1cnc(C)s1)N(C)C. The molecule has 0 aromatic carbocycles. The van der Waals surface area contributed by atoms with E-state index in [1.807, 2.05) is 25.9 Å². The summed E-state index contributed by atoms with van der Waals surface area (Å²) in [5.74, 6) is -0.0736. The molecule has 1 aromatic heterocycles. The van der Waals surface area contributed by atoms with E-state index in [0.717, 1.165) is 10.0 Å². The zero-order chi connectivity index (χ0) is 12.1. The number of carbonyl (C=O) groups is 1. The average Bonchev–Trinajstić information content (AvgIpc) is 2.59. The summed E-state index contributed by atoms with van der Waals surface area (Å²) in [5.41, 5.74) is 0. The van der Waals surface area contributed by atoms with Crippen molar-refractivity contribution in [3.05, 3.63) is 11.2 Å². The molecule has 0 fully saturated rings. The summed E-state index contributed by atoms with van der Waals surface area (Å²) in [6, 6.07) is -0.285. The zero-order valence-corrected chi connectivity index (χ0v) is 10.8. The van der Waals surface area contributed by atoms with Crippen LogP contribution in [0, 0.1) is 6.92 Å². The molecule has 0 radical (unpaired) electrons. The van der Waals surface area contributed by atoms with Gasteiger partial charge < -0.3 is 10.1 Å². The van der Waals surface area contributed by atoms with Crippen LogP contribution in [0.4, 0.5) is 5.00 Å². The van der Waals surface area contributed by atoms with Gasteiger partial charge in [0.1, 0.15) is 11.0 Å². The summed E-state index contributed by atoms with van der Waals surface area (Å²) in [7, 11) is 5.28. The van der Waals surface area contributed by atoms with Gasteiger partial charge in [0, 0.05) is 7.11 Å². The number of likely N-dealkylation sites (N-methyl/N-ethyl adjacent to an activating group) is 1. The Morgan fingerprint density at radius 2 is 2.38 bits per heavy atom. The van der Waals surface area contributed by atoms with Crippen molar-refractivity contribution in [2.24, 2.45) is 0 Å². The molecule has 5 nitrogen and oxygen atoms in total. The fourth-order valence-corrected chi connectivity index (χ4v) is 1.92. The third-order valence-electron chi connectivity index (χ3n) is 2.12. The average molecular weight is 243 g/mol. The molecular formula is C10H17N3O2S. The molecule has 1 N–H and O–H groups in total. The van der Waals surface area contributed by atoms with Crippen LogP contribution in [-0.2, 0) is 9.53 Å². The van der Waals surface area contributed by atoms with Gasteiger partial charge in [0.25, 0.3) is 0 Å². The molecule has 90 valence electrons. The van der Waals surface area contributed by atoms with Gasteiger partial charge in [-0.15, -0.1) is 11.3 Å². The fourth-order valence-electron chi connectivity index (χ4n) is 1.24. The second kappa shape index (κ2) is 5.93. The summed E-state index contributed by atoms with van der Waals surface area (Å²) in [4.78, 5) is 17.8. The van der Waals surface area contributed by atoms with Gasteiger partial charge in [-0.05, 0) is 21.0 Å². The van der Waals surface area contributed by atoms with E-state index in [2.05, 4.69) is 10.3 Å². The predicted octanol–water partition coefficient (Wildman–Crippen LogP) is 0.967. The first-order valence-electron chi connectivity index (χ1n) is 4.93. The number of carbonyl (C=O) groups excluding carboxylic acids is 1. The minimum absolute atomic E-state index is 0.0736. The second-order valence-corrected chi connectivity index (χ2v) is 4.90. The van der Waals surface area contributed by atoms with E-state index in [-0.39, 0.29) is 11.9 Å². The second-order valence-electron chi connectivity index (χ2n) is 3.67. The Balaban J connectivity index is 2.61. The molecule has 1 rings (SSSR count). The molecule has 1 amide bonds. The summed E-state index contributed by atoms with van der Waals surface area (Å²) < 4.78 is 5.01. The Bertz CT molecular complexity index is 352. The van der Waals surface area contributed by atoms with Gasteiger partial charge >= 0.3 is 0 Å². The Labute approximate surface area is 99.4 Å². The Hall–Kier alpha value is -0.980. The number of hydrogen-bond donors (Lipinski definition) is 1. The molecule has 1 heterocycles. The van der Waals surface area contributed by atoms with E-state index < -0.39 is 0 Å². The van der Waals surface area contributed by atoms with Gasteiger partial charge in [-0.2, -0.15) is 0 Å². The molecular weight excluding hydrogens is 226 g/mol. The topological polar surface area (TPSA) is 54.5 Å². The summed E-state index contributed by atoms with van der Waals surface area (Å²) in [6.45, 7) is 2.27. The number of hydrogen-bond acceptors (Lipinski definition) is 5. The first kappa shape index (κ1) is 13.1. The number of thiazole rings is 1. The van der Waals surface area contributed by atoms with E-state index in [1.165, 1.54) is 11.3 Å². The lowest BCUT2D eigenvalue weighted by Crippen LogP contribution is -2.42. The fraction of sp³-hybridized carbons (Fsp3) is 0.600. The van der Waals surface area contributed by atoms with Crippen molar-refractivity contribution >= 4 is 22.2 Å². The van der Waals surface area contributed by atoms with Gasteiger partial charge in [0.05, 0.1) is 17.8 Å². The van der Waals surface area contributed by atoms with Crippen molar-refractivity contribution in [1.29, 1.82) is 0 Å². The number of aromatic nitrogens is 1. The van der Waals surface area contributed by atoms with Crippen LogP contribution in [0.25, 0.3) is 0 Å². The molecule has 0 saturated heterocycles. The van der Waals surface area contributed by atoms with Crippen molar-refractivity contribution in [1.82, 2.24) is 9.88 Å². The lowest BCUT2D eigenvalue weighted by molar-refractivity contribution is -0.122. The number of amides is 1. The molecule has 0 saturated carbocycles. The molecule has 6 heteroatoms. The summed E-state index contributed by atoms with van der Waals surface area (Å²) in [5, 5.41) is 4.53. The maximum Gasteiger partial charge on any atom is 0.244 e. The van der Waals surface area contributed by atoms with Crippen molar-refractivity contribution < 1.29 is 9.53 Å². The lowest BCUT2D eigenvalue weighted by atomic mass is 10.2.